The van der Waals surface area contributed by atoms with Gasteiger partial charge in [0.05, 0.1) is 5.52 Å². The molecule has 3 aromatic rings. The normalized spacial score (nSPS) is 18.6. The number of likely N-dealkylation sites (tertiary alicyclic amines) is 1. The van der Waals surface area contributed by atoms with Crippen LogP contribution in [0.25, 0.3) is 16.5 Å². The zero-order valence-electron chi connectivity index (χ0n) is 22.4. The van der Waals surface area contributed by atoms with Gasteiger partial charge in [-0.05, 0) is 75.4 Å². The first-order valence-electron chi connectivity index (χ1n) is 14.1. The van der Waals surface area contributed by atoms with Crippen LogP contribution in [-0.2, 0) is 0 Å². The minimum absolute atomic E-state index is 0.0993. The van der Waals surface area contributed by atoms with Crippen LogP contribution in [0.1, 0.15) is 67.4 Å². The van der Waals surface area contributed by atoms with Gasteiger partial charge in [0.2, 0.25) is 0 Å². The summed E-state index contributed by atoms with van der Waals surface area (Å²) in [5, 5.41) is 4.87. The van der Waals surface area contributed by atoms with Crippen LogP contribution >= 0.6 is 0 Å². The van der Waals surface area contributed by atoms with Crippen LogP contribution in [0.4, 0.5) is 0 Å². The number of hydrogen-bond donors (Lipinski definition) is 1. The fraction of sp³-hybridized carbons (Fsp3) is 0.438. The van der Waals surface area contributed by atoms with Gasteiger partial charge in [-0.15, -0.1) is 0 Å². The van der Waals surface area contributed by atoms with Crippen molar-refractivity contribution in [2.75, 3.05) is 39.3 Å². The summed E-state index contributed by atoms with van der Waals surface area (Å²) in [7, 11) is 0. The third-order valence-corrected chi connectivity index (χ3v) is 8.08. The van der Waals surface area contributed by atoms with Gasteiger partial charge in [-0.3, -0.25) is 9.78 Å². The summed E-state index contributed by atoms with van der Waals surface area (Å²) in [5.41, 5.74) is 6.95. The van der Waals surface area contributed by atoms with E-state index in [0.717, 1.165) is 68.6 Å². The number of carbonyl (C=O) groups is 1. The van der Waals surface area contributed by atoms with Crippen molar-refractivity contribution in [1.29, 1.82) is 0 Å². The Kier molecular flexibility index (Phi) is 8.32. The lowest BCUT2D eigenvalue weighted by Gasteiger charge is -2.34. The van der Waals surface area contributed by atoms with Gasteiger partial charge in [-0.25, -0.2) is 0 Å². The van der Waals surface area contributed by atoms with E-state index in [2.05, 4.69) is 46.6 Å². The van der Waals surface area contributed by atoms with Crippen LogP contribution in [0.2, 0.25) is 0 Å². The number of benzene rings is 2. The number of pyridine rings is 1. The lowest BCUT2D eigenvalue weighted by molar-refractivity contribution is 0.0773. The maximum atomic E-state index is 12.9. The predicted octanol–water partition coefficient (Wildman–Crippen LogP) is 5.76. The molecule has 3 heterocycles. The van der Waals surface area contributed by atoms with Crippen LogP contribution < -0.4 is 5.32 Å². The van der Waals surface area contributed by atoms with E-state index in [0.29, 0.717) is 6.04 Å². The van der Waals surface area contributed by atoms with E-state index in [1.807, 2.05) is 43.1 Å². The molecule has 2 saturated heterocycles. The first kappa shape index (κ1) is 25.6. The maximum absolute atomic E-state index is 12.9. The van der Waals surface area contributed by atoms with Gasteiger partial charge in [0.1, 0.15) is 0 Å². The molecule has 2 aliphatic heterocycles. The second kappa shape index (κ2) is 12.0. The van der Waals surface area contributed by atoms with Gasteiger partial charge in [-0.2, -0.15) is 0 Å². The molecule has 2 aliphatic rings. The average Bonchev–Trinajstić information content (AvgIpc) is 2.96. The number of piperidine rings is 2. The minimum atomic E-state index is 0.0993. The molecule has 0 bridgehead atoms. The maximum Gasteiger partial charge on any atom is 0.253 e. The molecule has 194 valence electrons. The summed E-state index contributed by atoms with van der Waals surface area (Å²) < 4.78 is 0. The zero-order valence-corrected chi connectivity index (χ0v) is 22.4. The SMILES string of the molecule is CCN(CC)C(=O)c1ccc(C(=C2CCN(CC3CCCCN3)CC2)c2cccc3cccnc23)cc1. The van der Waals surface area contributed by atoms with Crippen molar-refractivity contribution in [3.63, 3.8) is 0 Å². The number of hydrogen-bond acceptors (Lipinski definition) is 4. The van der Waals surface area contributed by atoms with E-state index < -0.39 is 0 Å². The van der Waals surface area contributed by atoms with Crippen molar-refractivity contribution in [2.24, 2.45) is 0 Å². The number of para-hydroxylation sites is 1. The monoisotopic (exact) mass is 496 g/mol. The third kappa shape index (κ3) is 5.78. The number of carbonyl (C=O) groups excluding carboxylic acids is 1. The summed E-state index contributed by atoms with van der Waals surface area (Å²) in [6.45, 7) is 10.0. The molecule has 1 aromatic heterocycles. The highest BCUT2D eigenvalue weighted by Crippen LogP contribution is 2.35. The molecule has 0 spiro atoms. The van der Waals surface area contributed by atoms with Crippen molar-refractivity contribution < 1.29 is 4.79 Å². The van der Waals surface area contributed by atoms with Gasteiger partial charge < -0.3 is 15.1 Å². The molecule has 5 nitrogen and oxygen atoms in total. The van der Waals surface area contributed by atoms with Crippen LogP contribution in [0, 0.1) is 0 Å². The van der Waals surface area contributed by atoms with Crippen LogP contribution in [0.3, 0.4) is 0 Å². The number of nitrogens with zero attached hydrogens (tertiary/aromatic N) is 3. The van der Waals surface area contributed by atoms with Crippen molar-refractivity contribution in [3.05, 3.63) is 83.1 Å². The molecule has 0 saturated carbocycles. The number of amides is 1. The van der Waals surface area contributed by atoms with Crippen molar-refractivity contribution >= 4 is 22.4 Å². The first-order chi connectivity index (χ1) is 18.2. The Bertz CT molecular complexity index is 1220. The van der Waals surface area contributed by atoms with E-state index in [1.165, 1.54) is 41.5 Å². The Morgan fingerprint density at radius 2 is 1.70 bits per heavy atom. The Labute approximate surface area is 221 Å². The molecule has 1 N–H and O–H groups in total. The molecule has 37 heavy (non-hydrogen) atoms. The predicted molar refractivity (Wildman–Crippen MR) is 153 cm³/mol. The Morgan fingerprint density at radius 3 is 2.41 bits per heavy atom. The second-order valence-electron chi connectivity index (χ2n) is 10.4. The molecule has 1 atom stereocenters. The van der Waals surface area contributed by atoms with E-state index in [9.17, 15) is 4.79 Å². The van der Waals surface area contributed by atoms with Crippen LogP contribution in [-0.4, -0.2) is 66.0 Å². The molecule has 0 aliphatic carbocycles. The molecule has 1 amide bonds. The topological polar surface area (TPSA) is 48.5 Å². The van der Waals surface area contributed by atoms with E-state index in [4.69, 9.17) is 4.98 Å². The van der Waals surface area contributed by atoms with Gasteiger partial charge in [0, 0.05) is 61.5 Å². The summed E-state index contributed by atoms with van der Waals surface area (Å²) in [5.74, 6) is 0.0993. The minimum Gasteiger partial charge on any atom is -0.339 e. The van der Waals surface area contributed by atoms with E-state index >= 15 is 0 Å². The quantitative estimate of drug-likeness (QED) is 0.452. The number of fused-ring (bicyclic) bond motifs is 1. The lowest BCUT2D eigenvalue weighted by atomic mass is 9.87. The second-order valence-corrected chi connectivity index (χ2v) is 10.4. The Balaban J connectivity index is 1.47. The first-order valence-corrected chi connectivity index (χ1v) is 14.1. The van der Waals surface area contributed by atoms with Gasteiger partial charge in [0.15, 0.2) is 0 Å². The number of aromatic nitrogens is 1. The number of nitrogens with one attached hydrogen (secondary N) is 1. The van der Waals surface area contributed by atoms with Crippen molar-refractivity contribution in [2.45, 2.75) is 52.0 Å². The Morgan fingerprint density at radius 1 is 0.973 bits per heavy atom. The summed E-state index contributed by atoms with van der Waals surface area (Å²) in [6, 6.07) is 19.5. The molecular weight excluding hydrogens is 456 g/mol. The largest absolute Gasteiger partial charge is 0.339 e. The van der Waals surface area contributed by atoms with Crippen LogP contribution in [0.5, 0.6) is 0 Å². The number of rotatable bonds is 7. The standard InChI is InChI=1S/C32H40N4O/c1-3-36(4-2)32(37)27-15-13-24(14-16-27)30(29-12-7-9-26-10-8-20-34-31(26)29)25-17-21-35(22-18-25)23-28-11-5-6-19-33-28/h7-10,12-16,20,28,33H,3-6,11,17-19,21-23H2,1-2H3. The third-order valence-electron chi connectivity index (χ3n) is 8.08. The fourth-order valence-electron chi connectivity index (χ4n) is 5.98. The summed E-state index contributed by atoms with van der Waals surface area (Å²) in [4.78, 5) is 22.2. The smallest absolute Gasteiger partial charge is 0.253 e. The zero-order chi connectivity index (χ0) is 25.6. The molecule has 2 aromatic carbocycles. The lowest BCUT2D eigenvalue weighted by Crippen LogP contribution is -2.45. The highest BCUT2D eigenvalue weighted by Gasteiger charge is 2.23. The summed E-state index contributed by atoms with van der Waals surface area (Å²) in [6.07, 6.45) is 7.97. The average molecular weight is 497 g/mol. The summed E-state index contributed by atoms with van der Waals surface area (Å²) >= 11 is 0. The van der Waals surface area contributed by atoms with Crippen molar-refractivity contribution in [3.8, 4) is 0 Å². The van der Waals surface area contributed by atoms with Gasteiger partial charge in [0.25, 0.3) is 5.91 Å². The Hall–Kier alpha value is -3.02. The van der Waals surface area contributed by atoms with E-state index in [-0.39, 0.29) is 5.91 Å². The van der Waals surface area contributed by atoms with E-state index in [1.54, 1.807) is 0 Å². The highest BCUT2D eigenvalue weighted by molar-refractivity contribution is 5.98. The molecule has 1 unspecified atom stereocenters. The fourth-order valence-corrected chi connectivity index (χ4v) is 5.98. The molecule has 2 fully saturated rings. The van der Waals surface area contributed by atoms with Gasteiger partial charge in [-0.1, -0.05) is 48.4 Å². The highest BCUT2D eigenvalue weighted by atomic mass is 16.2. The van der Waals surface area contributed by atoms with Gasteiger partial charge >= 0.3 is 0 Å². The molecule has 5 rings (SSSR count). The van der Waals surface area contributed by atoms with Crippen molar-refractivity contribution in [1.82, 2.24) is 20.1 Å². The molecular formula is C32H40N4O. The van der Waals surface area contributed by atoms with Crippen LogP contribution in [0.15, 0.2) is 66.4 Å². The molecule has 5 heteroatoms. The molecule has 0 radical (unpaired) electrons.